The highest BCUT2D eigenvalue weighted by Gasteiger charge is 2.31. The van der Waals surface area contributed by atoms with Crippen molar-refractivity contribution in [2.24, 2.45) is 10.7 Å². The summed E-state index contributed by atoms with van der Waals surface area (Å²) in [7, 11) is 0. The molecule has 1 atom stereocenters. The fourth-order valence-corrected chi connectivity index (χ4v) is 3.08. The molecule has 1 aliphatic heterocycles. The standard InChI is InChI=1S/C15H23N3/c1-9(2)18-13(8-17-15(18)16)14-11(4)6-10(3)7-12(14)5/h6-7,9,13H,8H2,1-5H3,(H2,16,17). The molecule has 0 amide bonds. The van der Waals surface area contributed by atoms with Crippen molar-refractivity contribution in [3.8, 4) is 0 Å². The number of nitrogens with zero attached hydrogens (tertiary/aromatic N) is 2. The topological polar surface area (TPSA) is 41.6 Å². The Balaban J connectivity index is 2.44. The van der Waals surface area contributed by atoms with Crippen LogP contribution in [0.3, 0.4) is 0 Å². The molecule has 2 rings (SSSR count). The number of guanidine groups is 1. The molecule has 0 radical (unpaired) electrons. The lowest BCUT2D eigenvalue weighted by Crippen LogP contribution is -2.41. The molecular weight excluding hydrogens is 222 g/mol. The Kier molecular flexibility index (Phi) is 3.33. The van der Waals surface area contributed by atoms with Crippen LogP contribution >= 0.6 is 0 Å². The molecule has 18 heavy (non-hydrogen) atoms. The molecule has 0 aliphatic carbocycles. The van der Waals surface area contributed by atoms with Gasteiger partial charge >= 0.3 is 0 Å². The minimum atomic E-state index is 0.297. The minimum Gasteiger partial charge on any atom is -0.370 e. The van der Waals surface area contributed by atoms with Crippen molar-refractivity contribution < 1.29 is 0 Å². The third-order valence-electron chi connectivity index (χ3n) is 3.65. The van der Waals surface area contributed by atoms with E-state index in [-0.39, 0.29) is 0 Å². The second-order valence-corrected chi connectivity index (χ2v) is 5.53. The Morgan fingerprint density at radius 3 is 2.28 bits per heavy atom. The third kappa shape index (κ3) is 2.09. The summed E-state index contributed by atoms with van der Waals surface area (Å²) in [6.07, 6.45) is 0. The van der Waals surface area contributed by atoms with E-state index >= 15 is 0 Å². The summed E-state index contributed by atoms with van der Waals surface area (Å²) in [6.45, 7) is 11.6. The summed E-state index contributed by atoms with van der Waals surface area (Å²) in [5, 5.41) is 0. The fourth-order valence-electron chi connectivity index (χ4n) is 3.08. The zero-order valence-corrected chi connectivity index (χ0v) is 12.0. The van der Waals surface area contributed by atoms with Gasteiger partial charge in [0.25, 0.3) is 0 Å². The molecule has 0 bridgehead atoms. The molecule has 3 heteroatoms. The van der Waals surface area contributed by atoms with Crippen LogP contribution in [0.15, 0.2) is 17.1 Å². The van der Waals surface area contributed by atoms with Crippen molar-refractivity contribution in [1.82, 2.24) is 4.90 Å². The smallest absolute Gasteiger partial charge is 0.192 e. The van der Waals surface area contributed by atoms with Gasteiger partial charge in [-0.05, 0) is 51.3 Å². The van der Waals surface area contributed by atoms with Gasteiger partial charge in [-0.1, -0.05) is 17.7 Å². The van der Waals surface area contributed by atoms with Crippen molar-refractivity contribution >= 4 is 5.96 Å². The van der Waals surface area contributed by atoms with E-state index in [2.05, 4.69) is 56.6 Å². The molecule has 0 spiro atoms. The average molecular weight is 245 g/mol. The van der Waals surface area contributed by atoms with Crippen molar-refractivity contribution in [2.75, 3.05) is 6.54 Å². The first-order valence-corrected chi connectivity index (χ1v) is 6.57. The van der Waals surface area contributed by atoms with E-state index in [1.807, 2.05) is 0 Å². The van der Waals surface area contributed by atoms with Crippen molar-refractivity contribution in [3.63, 3.8) is 0 Å². The number of benzene rings is 1. The molecule has 3 nitrogen and oxygen atoms in total. The van der Waals surface area contributed by atoms with E-state index in [9.17, 15) is 0 Å². The lowest BCUT2D eigenvalue weighted by molar-refractivity contribution is 0.288. The summed E-state index contributed by atoms with van der Waals surface area (Å²) in [6, 6.07) is 5.16. The number of aliphatic imine (C=N–C) groups is 1. The van der Waals surface area contributed by atoms with E-state index in [0.29, 0.717) is 18.0 Å². The highest BCUT2D eigenvalue weighted by Crippen LogP contribution is 2.32. The first kappa shape index (κ1) is 12.9. The highest BCUT2D eigenvalue weighted by molar-refractivity contribution is 5.81. The van der Waals surface area contributed by atoms with Gasteiger partial charge in [-0.15, -0.1) is 0 Å². The zero-order chi connectivity index (χ0) is 13.4. The van der Waals surface area contributed by atoms with E-state index < -0.39 is 0 Å². The lowest BCUT2D eigenvalue weighted by Gasteiger charge is -2.32. The monoisotopic (exact) mass is 245 g/mol. The van der Waals surface area contributed by atoms with Gasteiger partial charge in [0.1, 0.15) is 0 Å². The maximum Gasteiger partial charge on any atom is 0.192 e. The summed E-state index contributed by atoms with van der Waals surface area (Å²) in [4.78, 5) is 6.65. The van der Waals surface area contributed by atoms with Crippen molar-refractivity contribution in [1.29, 1.82) is 0 Å². The van der Waals surface area contributed by atoms with Crippen LogP contribution in [0.2, 0.25) is 0 Å². The first-order chi connectivity index (χ1) is 8.41. The van der Waals surface area contributed by atoms with Crippen LogP contribution in [-0.4, -0.2) is 23.4 Å². The maximum atomic E-state index is 6.01. The van der Waals surface area contributed by atoms with Crippen molar-refractivity contribution in [3.05, 3.63) is 34.4 Å². The summed E-state index contributed by atoms with van der Waals surface area (Å²) >= 11 is 0. The molecule has 1 aliphatic rings. The number of nitrogens with two attached hydrogens (primary N) is 1. The third-order valence-corrected chi connectivity index (χ3v) is 3.65. The van der Waals surface area contributed by atoms with Crippen LogP contribution < -0.4 is 5.73 Å². The fraction of sp³-hybridized carbons (Fsp3) is 0.533. The van der Waals surface area contributed by atoms with E-state index in [1.165, 1.54) is 22.3 Å². The highest BCUT2D eigenvalue weighted by atomic mass is 15.3. The number of rotatable bonds is 2. The molecule has 0 saturated heterocycles. The van der Waals surface area contributed by atoms with Gasteiger partial charge in [0, 0.05) is 6.04 Å². The molecule has 0 aromatic heterocycles. The Morgan fingerprint density at radius 1 is 1.22 bits per heavy atom. The molecule has 2 N–H and O–H groups in total. The molecule has 1 aromatic carbocycles. The Labute approximate surface area is 110 Å². The van der Waals surface area contributed by atoms with Crippen LogP contribution in [-0.2, 0) is 0 Å². The van der Waals surface area contributed by atoms with E-state index in [0.717, 1.165) is 6.54 Å². The van der Waals surface area contributed by atoms with Crippen LogP contribution in [0.25, 0.3) is 0 Å². The van der Waals surface area contributed by atoms with Gasteiger partial charge in [-0.25, -0.2) is 0 Å². The van der Waals surface area contributed by atoms with E-state index in [1.54, 1.807) is 0 Å². The normalized spacial score (nSPS) is 19.6. The SMILES string of the molecule is Cc1cc(C)c(C2CN=C(N)N2C(C)C)c(C)c1. The number of aryl methyl sites for hydroxylation is 3. The molecule has 1 unspecified atom stereocenters. The van der Waals surface area contributed by atoms with Gasteiger partial charge in [0.15, 0.2) is 5.96 Å². The second kappa shape index (κ2) is 4.63. The Hall–Kier alpha value is -1.51. The first-order valence-electron chi connectivity index (χ1n) is 6.57. The van der Waals surface area contributed by atoms with Crippen LogP contribution in [0.1, 0.15) is 42.1 Å². The summed E-state index contributed by atoms with van der Waals surface area (Å²) in [5.74, 6) is 0.675. The van der Waals surface area contributed by atoms with Crippen molar-refractivity contribution in [2.45, 2.75) is 46.7 Å². The van der Waals surface area contributed by atoms with Gasteiger partial charge in [0.05, 0.1) is 12.6 Å². The van der Waals surface area contributed by atoms with Gasteiger partial charge in [0.2, 0.25) is 0 Å². The summed E-state index contributed by atoms with van der Waals surface area (Å²) < 4.78 is 0. The molecular formula is C15H23N3. The molecule has 1 aromatic rings. The molecule has 0 fully saturated rings. The number of hydrogen-bond acceptors (Lipinski definition) is 3. The quantitative estimate of drug-likeness (QED) is 0.870. The Bertz CT molecular complexity index is 466. The van der Waals surface area contributed by atoms with Gasteiger partial charge in [-0.3, -0.25) is 4.99 Å². The van der Waals surface area contributed by atoms with Crippen LogP contribution in [0, 0.1) is 20.8 Å². The van der Waals surface area contributed by atoms with E-state index in [4.69, 9.17) is 5.73 Å². The largest absolute Gasteiger partial charge is 0.370 e. The lowest BCUT2D eigenvalue weighted by atomic mass is 9.93. The van der Waals surface area contributed by atoms with Crippen LogP contribution in [0.5, 0.6) is 0 Å². The van der Waals surface area contributed by atoms with Gasteiger partial charge in [-0.2, -0.15) is 0 Å². The zero-order valence-electron chi connectivity index (χ0n) is 12.0. The predicted octanol–water partition coefficient (Wildman–Crippen LogP) is 2.69. The second-order valence-electron chi connectivity index (χ2n) is 5.53. The van der Waals surface area contributed by atoms with Crippen LogP contribution in [0.4, 0.5) is 0 Å². The van der Waals surface area contributed by atoms with Gasteiger partial charge < -0.3 is 10.6 Å². The Morgan fingerprint density at radius 2 is 1.78 bits per heavy atom. The number of hydrogen-bond donors (Lipinski definition) is 1. The maximum absolute atomic E-state index is 6.01. The molecule has 0 saturated carbocycles. The minimum absolute atomic E-state index is 0.297. The average Bonchev–Trinajstić information content (AvgIpc) is 2.58. The molecule has 1 heterocycles. The predicted molar refractivity (Wildman–Crippen MR) is 76.9 cm³/mol. The summed E-state index contributed by atoms with van der Waals surface area (Å²) in [5.41, 5.74) is 11.4. The molecule has 98 valence electrons.